The van der Waals surface area contributed by atoms with Crippen LogP contribution in [0.1, 0.15) is 10.4 Å². The number of benzene rings is 1. The Morgan fingerprint density at radius 3 is 2.45 bits per heavy atom. The maximum atomic E-state index is 13.3. The van der Waals surface area contributed by atoms with E-state index in [-0.39, 0.29) is 11.8 Å². The lowest BCUT2D eigenvalue weighted by Gasteiger charge is -2.28. The third-order valence-electron chi connectivity index (χ3n) is 5.30. The highest BCUT2D eigenvalue weighted by Crippen LogP contribution is 2.33. The molecule has 7 heteroatoms. The van der Waals surface area contributed by atoms with Gasteiger partial charge < -0.3 is 9.64 Å². The number of carbonyl (C=O) groups is 2. The van der Waals surface area contributed by atoms with Gasteiger partial charge in [0.05, 0.1) is 18.8 Å². The third kappa shape index (κ3) is 4.27. The Labute approximate surface area is 175 Å². The van der Waals surface area contributed by atoms with E-state index in [9.17, 15) is 9.59 Å². The highest BCUT2D eigenvalue weighted by Gasteiger charge is 2.41. The van der Waals surface area contributed by atoms with Gasteiger partial charge in [0.1, 0.15) is 5.70 Å². The second-order valence-corrected chi connectivity index (χ2v) is 8.21. The Bertz CT molecular complexity index is 889. The zero-order chi connectivity index (χ0) is 20.2. The monoisotopic (exact) mass is 411 g/mol. The van der Waals surface area contributed by atoms with Crippen LogP contribution in [0.15, 0.2) is 53.5 Å². The summed E-state index contributed by atoms with van der Waals surface area (Å²) in [5.74, 6) is -0.397. The number of hydrogen-bond acceptors (Lipinski definition) is 6. The Morgan fingerprint density at radius 2 is 1.76 bits per heavy atom. The molecule has 2 aliphatic rings. The lowest BCUT2D eigenvalue weighted by Crippen LogP contribution is -2.43. The minimum atomic E-state index is -0.204. The molecule has 1 aromatic heterocycles. The van der Waals surface area contributed by atoms with Crippen LogP contribution >= 0.6 is 11.3 Å². The summed E-state index contributed by atoms with van der Waals surface area (Å²) in [6, 6.07) is 13.8. The van der Waals surface area contributed by atoms with Gasteiger partial charge in [0.2, 0.25) is 0 Å². The molecule has 6 nitrogen and oxygen atoms in total. The summed E-state index contributed by atoms with van der Waals surface area (Å²) in [4.78, 5) is 32.9. The number of carbonyl (C=O) groups excluding carboxylic acids is 2. The summed E-state index contributed by atoms with van der Waals surface area (Å²) in [5.41, 5.74) is 2.11. The van der Waals surface area contributed by atoms with Crippen molar-refractivity contribution in [3.05, 3.63) is 64.0 Å². The molecule has 0 N–H and O–H groups in total. The van der Waals surface area contributed by atoms with E-state index in [1.165, 1.54) is 16.2 Å². The molecule has 2 amide bonds. The van der Waals surface area contributed by atoms with Crippen molar-refractivity contribution in [1.29, 1.82) is 0 Å². The van der Waals surface area contributed by atoms with Gasteiger partial charge in [-0.2, -0.15) is 0 Å². The van der Waals surface area contributed by atoms with Crippen LogP contribution in [0.5, 0.6) is 0 Å². The molecule has 29 heavy (non-hydrogen) atoms. The molecule has 0 saturated carbocycles. The van der Waals surface area contributed by atoms with E-state index in [1.807, 2.05) is 59.8 Å². The Kier molecular flexibility index (Phi) is 6.08. The molecule has 0 radical (unpaired) electrons. The maximum absolute atomic E-state index is 13.3. The fourth-order valence-corrected chi connectivity index (χ4v) is 4.53. The molecule has 3 heterocycles. The number of morpholine rings is 1. The van der Waals surface area contributed by atoms with Gasteiger partial charge in [-0.05, 0) is 17.0 Å². The second-order valence-electron chi connectivity index (χ2n) is 7.26. The van der Waals surface area contributed by atoms with Crippen molar-refractivity contribution in [2.24, 2.45) is 0 Å². The summed E-state index contributed by atoms with van der Waals surface area (Å²) in [7, 11) is 1.88. The zero-order valence-electron chi connectivity index (χ0n) is 16.5. The quantitative estimate of drug-likeness (QED) is 0.655. The van der Waals surface area contributed by atoms with E-state index in [1.54, 1.807) is 0 Å². The molecule has 0 bridgehead atoms. The van der Waals surface area contributed by atoms with E-state index in [2.05, 4.69) is 4.90 Å². The standard InChI is InChI=1S/C22H25N3O3S/c1-23(16-17-6-3-2-4-7-17)20-19(18-8-5-15-29-18)21(26)25(22(20)27)10-9-24-11-13-28-14-12-24/h2-8,15H,9-14,16H2,1H3. The molecule has 1 saturated heterocycles. The lowest BCUT2D eigenvalue weighted by atomic mass is 10.1. The van der Waals surface area contributed by atoms with Crippen molar-refractivity contribution in [3.8, 4) is 0 Å². The van der Waals surface area contributed by atoms with Gasteiger partial charge in [-0.3, -0.25) is 19.4 Å². The minimum absolute atomic E-state index is 0.194. The molecule has 1 fully saturated rings. The van der Waals surface area contributed by atoms with Crippen LogP contribution in [0.3, 0.4) is 0 Å². The van der Waals surface area contributed by atoms with Crippen molar-refractivity contribution >= 4 is 28.7 Å². The van der Waals surface area contributed by atoms with Gasteiger partial charge >= 0.3 is 0 Å². The molecule has 4 rings (SSSR count). The third-order valence-corrected chi connectivity index (χ3v) is 6.19. The average Bonchev–Trinajstić information content (AvgIpc) is 3.34. The van der Waals surface area contributed by atoms with Crippen molar-refractivity contribution in [2.45, 2.75) is 6.54 Å². The average molecular weight is 412 g/mol. The van der Waals surface area contributed by atoms with Crippen LogP contribution in [0, 0.1) is 0 Å². The van der Waals surface area contributed by atoms with Crippen LogP contribution in [0.25, 0.3) is 5.57 Å². The van der Waals surface area contributed by atoms with Crippen LogP contribution in [-0.4, -0.2) is 73.0 Å². The Morgan fingerprint density at radius 1 is 1.00 bits per heavy atom. The lowest BCUT2D eigenvalue weighted by molar-refractivity contribution is -0.137. The molecule has 152 valence electrons. The Hall–Kier alpha value is -2.48. The molecule has 0 atom stereocenters. The topological polar surface area (TPSA) is 53.1 Å². The fraction of sp³-hybridized carbons (Fsp3) is 0.364. The highest BCUT2D eigenvalue weighted by atomic mass is 32.1. The summed E-state index contributed by atoms with van der Waals surface area (Å²) < 4.78 is 5.38. The summed E-state index contributed by atoms with van der Waals surface area (Å²) >= 11 is 1.49. The largest absolute Gasteiger partial charge is 0.379 e. The first-order chi connectivity index (χ1) is 14.1. The van der Waals surface area contributed by atoms with Crippen molar-refractivity contribution in [2.75, 3.05) is 46.4 Å². The number of thiophene rings is 1. The number of imide groups is 1. The second kappa shape index (κ2) is 8.90. The number of hydrogen-bond donors (Lipinski definition) is 0. The first-order valence-corrected chi connectivity index (χ1v) is 10.7. The van der Waals surface area contributed by atoms with Gasteiger partial charge in [0.15, 0.2) is 0 Å². The number of likely N-dealkylation sites (N-methyl/N-ethyl adjacent to an activating group) is 1. The van der Waals surface area contributed by atoms with Gasteiger partial charge in [0, 0.05) is 44.6 Å². The minimum Gasteiger partial charge on any atom is -0.379 e. The van der Waals surface area contributed by atoms with E-state index in [0.717, 1.165) is 23.5 Å². The van der Waals surface area contributed by atoms with Crippen molar-refractivity contribution in [3.63, 3.8) is 0 Å². The number of ether oxygens (including phenoxy) is 1. The van der Waals surface area contributed by atoms with Gasteiger partial charge in [-0.15, -0.1) is 11.3 Å². The molecule has 0 spiro atoms. The molecule has 2 aliphatic heterocycles. The summed E-state index contributed by atoms with van der Waals surface area (Å²) in [6.45, 7) is 4.71. The molecule has 2 aromatic rings. The predicted octanol–water partition coefficient (Wildman–Crippen LogP) is 2.29. The SMILES string of the molecule is CN(Cc1ccccc1)C1=C(c2cccs2)C(=O)N(CCN2CCOCC2)C1=O. The smallest absolute Gasteiger partial charge is 0.277 e. The fourth-order valence-electron chi connectivity index (χ4n) is 3.77. The van der Waals surface area contributed by atoms with Crippen LogP contribution in [0.2, 0.25) is 0 Å². The summed E-state index contributed by atoms with van der Waals surface area (Å²) in [6.07, 6.45) is 0. The van der Waals surface area contributed by atoms with E-state index < -0.39 is 0 Å². The predicted molar refractivity (Wildman–Crippen MR) is 113 cm³/mol. The highest BCUT2D eigenvalue weighted by molar-refractivity contribution is 7.11. The first-order valence-electron chi connectivity index (χ1n) is 9.84. The Balaban J connectivity index is 1.56. The molecular weight excluding hydrogens is 386 g/mol. The van der Waals surface area contributed by atoms with Gasteiger partial charge in [-0.25, -0.2) is 0 Å². The zero-order valence-corrected chi connectivity index (χ0v) is 17.4. The van der Waals surface area contributed by atoms with E-state index >= 15 is 0 Å². The number of nitrogens with zero attached hydrogens (tertiary/aromatic N) is 3. The molecule has 0 unspecified atom stereocenters. The van der Waals surface area contributed by atoms with Crippen molar-refractivity contribution < 1.29 is 14.3 Å². The molecule has 0 aliphatic carbocycles. The van der Waals surface area contributed by atoms with Crippen LogP contribution in [0.4, 0.5) is 0 Å². The molecule has 1 aromatic carbocycles. The number of amides is 2. The van der Waals surface area contributed by atoms with Crippen LogP contribution < -0.4 is 0 Å². The molecular formula is C22H25N3O3S. The number of rotatable bonds is 7. The van der Waals surface area contributed by atoms with E-state index in [0.29, 0.717) is 44.1 Å². The van der Waals surface area contributed by atoms with E-state index in [4.69, 9.17) is 4.74 Å². The van der Waals surface area contributed by atoms with Crippen LogP contribution in [-0.2, 0) is 20.9 Å². The van der Waals surface area contributed by atoms with Gasteiger partial charge in [0.25, 0.3) is 11.8 Å². The normalized spacial score (nSPS) is 18.0. The maximum Gasteiger partial charge on any atom is 0.277 e. The van der Waals surface area contributed by atoms with Crippen molar-refractivity contribution in [1.82, 2.24) is 14.7 Å². The van der Waals surface area contributed by atoms with Gasteiger partial charge in [-0.1, -0.05) is 36.4 Å². The summed E-state index contributed by atoms with van der Waals surface area (Å²) in [5, 5.41) is 1.94. The first kappa shape index (κ1) is 19.8.